The fourth-order valence-electron chi connectivity index (χ4n) is 2.60. The number of rotatable bonds is 8. The van der Waals surface area contributed by atoms with Gasteiger partial charge in [0.15, 0.2) is 0 Å². The highest BCUT2D eigenvalue weighted by molar-refractivity contribution is 5.49. The Morgan fingerprint density at radius 2 is 1.86 bits per heavy atom. The van der Waals surface area contributed by atoms with Crippen molar-refractivity contribution in [1.82, 2.24) is 5.32 Å². The molecule has 3 heteroatoms. The number of carbonyl (C=O) groups is 1. The van der Waals surface area contributed by atoms with Gasteiger partial charge in [0.1, 0.15) is 6.29 Å². The Bertz CT molecular complexity index is 420. The van der Waals surface area contributed by atoms with E-state index in [1.165, 1.54) is 11.3 Å². The van der Waals surface area contributed by atoms with Crippen LogP contribution < -0.4 is 10.2 Å². The quantitative estimate of drug-likeness (QED) is 0.584. The second kappa shape index (κ2) is 8.18. The van der Waals surface area contributed by atoms with E-state index in [2.05, 4.69) is 69.2 Å². The zero-order chi connectivity index (χ0) is 15.9. The Kier molecular flexibility index (Phi) is 6.90. The molecule has 0 aliphatic carbocycles. The molecule has 0 amide bonds. The minimum Gasteiger partial charge on any atom is -0.375 e. The van der Waals surface area contributed by atoms with Gasteiger partial charge in [-0.25, -0.2) is 0 Å². The van der Waals surface area contributed by atoms with Crippen LogP contribution in [-0.4, -0.2) is 26.4 Å². The summed E-state index contributed by atoms with van der Waals surface area (Å²) < 4.78 is 0. The number of anilines is 1. The molecule has 0 saturated heterocycles. The van der Waals surface area contributed by atoms with Crippen LogP contribution >= 0.6 is 0 Å². The van der Waals surface area contributed by atoms with Crippen molar-refractivity contribution in [3.8, 4) is 0 Å². The molecule has 0 aliphatic heterocycles. The normalized spacial score (nSPS) is 13.0. The van der Waals surface area contributed by atoms with Crippen molar-refractivity contribution >= 4 is 12.0 Å². The molecule has 0 saturated carbocycles. The first-order chi connectivity index (χ1) is 9.90. The van der Waals surface area contributed by atoms with Gasteiger partial charge in [-0.1, -0.05) is 39.8 Å². The van der Waals surface area contributed by atoms with Gasteiger partial charge in [-0.2, -0.15) is 0 Å². The summed E-state index contributed by atoms with van der Waals surface area (Å²) in [5.74, 6) is 0. The maximum atomic E-state index is 10.5. The highest BCUT2D eigenvalue weighted by atomic mass is 16.1. The van der Waals surface area contributed by atoms with E-state index in [0.717, 1.165) is 25.8 Å². The minimum absolute atomic E-state index is 0.111. The lowest BCUT2D eigenvalue weighted by Crippen LogP contribution is -2.33. The van der Waals surface area contributed by atoms with Crippen LogP contribution in [0.15, 0.2) is 24.3 Å². The van der Waals surface area contributed by atoms with Crippen molar-refractivity contribution < 1.29 is 4.79 Å². The van der Waals surface area contributed by atoms with Gasteiger partial charge in [-0.05, 0) is 29.5 Å². The Hall–Kier alpha value is -1.35. The van der Waals surface area contributed by atoms with Gasteiger partial charge in [0.05, 0.1) is 0 Å². The molecule has 1 atom stereocenters. The molecule has 1 unspecified atom stereocenters. The van der Waals surface area contributed by atoms with E-state index in [-0.39, 0.29) is 11.5 Å². The summed E-state index contributed by atoms with van der Waals surface area (Å²) in [4.78, 5) is 12.8. The lowest BCUT2D eigenvalue weighted by molar-refractivity contribution is -0.107. The Morgan fingerprint density at radius 1 is 1.24 bits per heavy atom. The van der Waals surface area contributed by atoms with Crippen LogP contribution in [-0.2, 0) is 4.79 Å². The smallest absolute Gasteiger partial charge is 0.121 e. The van der Waals surface area contributed by atoms with Crippen LogP contribution in [0.5, 0.6) is 0 Å². The van der Waals surface area contributed by atoms with Crippen molar-refractivity contribution in [3.05, 3.63) is 29.8 Å². The van der Waals surface area contributed by atoms with E-state index in [0.29, 0.717) is 6.42 Å². The van der Waals surface area contributed by atoms with Gasteiger partial charge in [-0.3, -0.25) is 0 Å². The molecule has 1 aromatic rings. The van der Waals surface area contributed by atoms with Crippen molar-refractivity contribution in [2.24, 2.45) is 5.41 Å². The average molecular weight is 290 g/mol. The van der Waals surface area contributed by atoms with Crippen LogP contribution in [0.4, 0.5) is 5.69 Å². The zero-order valence-electron chi connectivity index (χ0n) is 14.1. The summed E-state index contributed by atoms with van der Waals surface area (Å²) in [6.45, 7) is 10.7. The minimum atomic E-state index is 0.111. The summed E-state index contributed by atoms with van der Waals surface area (Å²) in [6, 6.07) is 9.02. The average Bonchev–Trinajstić information content (AvgIpc) is 2.43. The number of carbonyl (C=O) groups excluding carboxylic acids is 1. The molecule has 0 spiro atoms. The molecule has 1 rings (SSSR count). The third-order valence-electron chi connectivity index (χ3n) is 3.70. The molecule has 1 aromatic carbocycles. The van der Waals surface area contributed by atoms with Gasteiger partial charge in [-0.15, -0.1) is 0 Å². The second-order valence-electron chi connectivity index (χ2n) is 6.72. The molecule has 0 bridgehead atoms. The first-order valence-electron chi connectivity index (χ1n) is 7.88. The molecule has 0 heterocycles. The van der Waals surface area contributed by atoms with Crippen LogP contribution in [0.1, 0.15) is 52.1 Å². The number of nitrogens with zero attached hydrogens (tertiary/aromatic N) is 1. The van der Waals surface area contributed by atoms with Crippen LogP contribution in [0, 0.1) is 5.41 Å². The standard InChI is InChI=1S/C18H30N2O/c1-6-13-20(5)16-10-8-15(9-11-16)17(18(2,3)4)19-12-7-14-21/h8-11,14,17,19H,6-7,12-13H2,1-5H3. The van der Waals surface area contributed by atoms with Crippen molar-refractivity contribution in [2.75, 3.05) is 25.0 Å². The van der Waals surface area contributed by atoms with E-state index >= 15 is 0 Å². The maximum absolute atomic E-state index is 10.5. The summed E-state index contributed by atoms with van der Waals surface area (Å²) in [5, 5.41) is 3.51. The van der Waals surface area contributed by atoms with Crippen LogP contribution in [0.2, 0.25) is 0 Å². The lowest BCUT2D eigenvalue weighted by atomic mass is 9.82. The molecule has 0 aromatic heterocycles. The zero-order valence-corrected chi connectivity index (χ0v) is 14.1. The number of benzene rings is 1. The van der Waals surface area contributed by atoms with Crippen LogP contribution in [0.3, 0.4) is 0 Å². The second-order valence-corrected chi connectivity index (χ2v) is 6.72. The van der Waals surface area contributed by atoms with Crippen LogP contribution in [0.25, 0.3) is 0 Å². The van der Waals surface area contributed by atoms with Crippen molar-refractivity contribution in [1.29, 1.82) is 0 Å². The van der Waals surface area contributed by atoms with Crippen molar-refractivity contribution in [3.63, 3.8) is 0 Å². The predicted molar refractivity (Wildman–Crippen MR) is 90.9 cm³/mol. The van der Waals surface area contributed by atoms with E-state index in [4.69, 9.17) is 0 Å². The third-order valence-corrected chi connectivity index (χ3v) is 3.70. The van der Waals surface area contributed by atoms with Gasteiger partial charge in [0.2, 0.25) is 0 Å². The molecule has 1 N–H and O–H groups in total. The monoisotopic (exact) mass is 290 g/mol. The fraction of sp³-hybridized carbons (Fsp3) is 0.611. The molecule has 21 heavy (non-hydrogen) atoms. The molecule has 0 aliphatic rings. The SMILES string of the molecule is CCCN(C)c1ccc(C(NCCC=O)C(C)(C)C)cc1. The Balaban J connectivity index is 2.85. The summed E-state index contributed by atoms with van der Waals surface area (Å²) in [7, 11) is 2.13. The summed E-state index contributed by atoms with van der Waals surface area (Å²) >= 11 is 0. The maximum Gasteiger partial charge on any atom is 0.121 e. The molecule has 0 fully saturated rings. The number of aldehydes is 1. The lowest BCUT2D eigenvalue weighted by Gasteiger charge is -2.32. The largest absolute Gasteiger partial charge is 0.375 e. The first kappa shape index (κ1) is 17.7. The molecular formula is C18H30N2O. The molecule has 3 nitrogen and oxygen atoms in total. The predicted octanol–water partition coefficient (Wildman–Crippen LogP) is 3.80. The fourth-order valence-corrected chi connectivity index (χ4v) is 2.60. The van der Waals surface area contributed by atoms with E-state index in [1.54, 1.807) is 0 Å². The number of hydrogen-bond donors (Lipinski definition) is 1. The topological polar surface area (TPSA) is 32.3 Å². The molecule has 118 valence electrons. The number of nitrogens with one attached hydrogen (secondary N) is 1. The van der Waals surface area contributed by atoms with Crippen molar-refractivity contribution in [2.45, 2.75) is 46.6 Å². The van der Waals surface area contributed by atoms with E-state index in [1.807, 2.05) is 0 Å². The van der Waals surface area contributed by atoms with E-state index in [9.17, 15) is 4.79 Å². The van der Waals surface area contributed by atoms with Gasteiger partial charge in [0, 0.05) is 38.3 Å². The highest BCUT2D eigenvalue weighted by Gasteiger charge is 2.25. The number of hydrogen-bond acceptors (Lipinski definition) is 3. The first-order valence-corrected chi connectivity index (χ1v) is 7.88. The van der Waals surface area contributed by atoms with Gasteiger partial charge in [0.25, 0.3) is 0 Å². The van der Waals surface area contributed by atoms with Gasteiger partial charge < -0.3 is 15.0 Å². The summed E-state index contributed by atoms with van der Waals surface area (Å²) in [5.41, 5.74) is 2.64. The molecular weight excluding hydrogens is 260 g/mol. The Labute approximate surface area is 129 Å². The van der Waals surface area contributed by atoms with Gasteiger partial charge >= 0.3 is 0 Å². The summed E-state index contributed by atoms with van der Waals surface area (Å²) in [6.07, 6.45) is 2.68. The van der Waals surface area contributed by atoms with E-state index < -0.39 is 0 Å². The highest BCUT2D eigenvalue weighted by Crippen LogP contribution is 2.33. The third kappa shape index (κ3) is 5.50. The Morgan fingerprint density at radius 3 is 2.33 bits per heavy atom. The molecule has 0 radical (unpaired) electrons.